The highest BCUT2D eigenvalue weighted by Gasteiger charge is 2.47. The maximum absolute atomic E-state index is 13.3. The van der Waals surface area contributed by atoms with Crippen LogP contribution in [0.4, 0.5) is 0 Å². The average molecular weight is 482 g/mol. The number of ether oxygens (including phenoxy) is 3. The molecule has 2 aromatic rings. The highest BCUT2D eigenvalue weighted by atomic mass is 16.5. The zero-order valence-corrected chi connectivity index (χ0v) is 20.5. The lowest BCUT2D eigenvalue weighted by molar-refractivity contribution is -0.908. The zero-order chi connectivity index (χ0) is 24.9. The smallest absolute Gasteiger partial charge is 0.295 e. The van der Waals surface area contributed by atoms with E-state index in [1.807, 2.05) is 19.1 Å². The van der Waals surface area contributed by atoms with Gasteiger partial charge in [-0.2, -0.15) is 0 Å². The molecule has 0 radical (unpaired) electrons. The second kappa shape index (κ2) is 10.9. The minimum Gasteiger partial charge on any atom is -0.507 e. The van der Waals surface area contributed by atoms with Crippen LogP contribution in [0.5, 0.6) is 11.5 Å². The lowest BCUT2D eigenvalue weighted by Gasteiger charge is -2.28. The Kier molecular flexibility index (Phi) is 7.73. The number of nitrogens with zero attached hydrogens (tertiary/aromatic N) is 1. The molecule has 8 nitrogen and oxygen atoms in total. The summed E-state index contributed by atoms with van der Waals surface area (Å²) in [7, 11) is 3.10. The second-order valence-electron chi connectivity index (χ2n) is 8.93. The minimum absolute atomic E-state index is 0.0594. The number of aryl methyl sites for hydroxylation is 1. The Hall–Kier alpha value is -3.36. The summed E-state index contributed by atoms with van der Waals surface area (Å²) in [5.74, 6) is -0.433. The van der Waals surface area contributed by atoms with Gasteiger partial charge in [-0.25, -0.2) is 0 Å². The van der Waals surface area contributed by atoms with Crippen LogP contribution >= 0.6 is 0 Å². The van der Waals surface area contributed by atoms with Crippen molar-refractivity contribution in [3.05, 3.63) is 64.7 Å². The Balaban J connectivity index is 1.75. The molecule has 2 saturated heterocycles. The number of ketones is 1. The first-order valence-corrected chi connectivity index (χ1v) is 11.9. The summed E-state index contributed by atoms with van der Waals surface area (Å²) in [5, 5.41) is 11.3. The summed E-state index contributed by atoms with van der Waals surface area (Å²) in [6.07, 6.45) is 0.718. The van der Waals surface area contributed by atoms with Gasteiger partial charge in [0.15, 0.2) is 0 Å². The molecule has 1 unspecified atom stereocenters. The van der Waals surface area contributed by atoms with Gasteiger partial charge in [0.25, 0.3) is 11.7 Å². The number of rotatable bonds is 8. The Morgan fingerprint density at radius 3 is 2.46 bits per heavy atom. The number of aliphatic hydroxyl groups is 1. The third kappa shape index (κ3) is 5.18. The van der Waals surface area contributed by atoms with Crippen molar-refractivity contribution in [2.45, 2.75) is 19.4 Å². The Morgan fingerprint density at radius 1 is 1.09 bits per heavy atom. The maximum atomic E-state index is 13.3. The van der Waals surface area contributed by atoms with Gasteiger partial charge < -0.3 is 29.1 Å². The summed E-state index contributed by atoms with van der Waals surface area (Å²) >= 11 is 0. The molecule has 2 N–H and O–H groups in total. The van der Waals surface area contributed by atoms with Crippen LogP contribution in [-0.2, 0) is 14.3 Å². The number of amides is 1. The molecule has 1 amide bonds. The molecule has 2 aliphatic heterocycles. The average Bonchev–Trinajstić information content (AvgIpc) is 3.14. The molecule has 0 aromatic heterocycles. The van der Waals surface area contributed by atoms with Crippen molar-refractivity contribution < 1.29 is 33.8 Å². The fourth-order valence-corrected chi connectivity index (χ4v) is 4.76. The van der Waals surface area contributed by atoms with Crippen molar-refractivity contribution in [1.29, 1.82) is 0 Å². The van der Waals surface area contributed by atoms with Gasteiger partial charge in [0.2, 0.25) is 0 Å². The van der Waals surface area contributed by atoms with Crippen LogP contribution in [-0.4, -0.2) is 75.3 Å². The zero-order valence-electron chi connectivity index (χ0n) is 20.5. The Morgan fingerprint density at radius 2 is 1.80 bits per heavy atom. The van der Waals surface area contributed by atoms with Gasteiger partial charge in [-0.3, -0.25) is 9.59 Å². The number of carbonyl (C=O) groups excluding carboxylic acids is 2. The molecule has 0 saturated carbocycles. The van der Waals surface area contributed by atoms with Gasteiger partial charge in [0, 0.05) is 24.1 Å². The van der Waals surface area contributed by atoms with E-state index >= 15 is 0 Å². The SMILES string of the molecule is COc1ccc(OC)c(C2C(=C(O)c3ccc(C)cc3)C(=O)C(=O)N2CCC[NH+]2CCOCC2)c1. The van der Waals surface area contributed by atoms with Gasteiger partial charge in [0.1, 0.15) is 30.3 Å². The second-order valence-corrected chi connectivity index (χ2v) is 8.93. The fraction of sp³-hybridized carbons (Fsp3) is 0.407. The first-order chi connectivity index (χ1) is 16.9. The number of hydrogen-bond acceptors (Lipinski definition) is 6. The Bertz CT molecular complexity index is 1110. The standard InChI is InChI=1S/C27H32N2O6/c1-18-5-7-19(8-6-18)25(30)23-24(21-17-20(33-2)9-10-22(21)34-3)29(27(32)26(23)31)12-4-11-28-13-15-35-16-14-28/h5-10,17,24,30H,4,11-16H2,1-3H3/p+1. The Labute approximate surface area is 205 Å². The van der Waals surface area contributed by atoms with Crippen molar-refractivity contribution in [2.75, 3.05) is 53.6 Å². The van der Waals surface area contributed by atoms with Gasteiger partial charge in [0.05, 0.1) is 45.6 Å². The number of carbonyl (C=O) groups is 2. The summed E-state index contributed by atoms with van der Waals surface area (Å²) in [6, 6.07) is 11.7. The lowest BCUT2D eigenvalue weighted by Crippen LogP contribution is -3.14. The molecular formula is C27H33N2O6+. The fourth-order valence-electron chi connectivity index (χ4n) is 4.76. The van der Waals surface area contributed by atoms with Crippen LogP contribution in [0.1, 0.15) is 29.2 Å². The third-order valence-electron chi connectivity index (χ3n) is 6.73. The van der Waals surface area contributed by atoms with Gasteiger partial charge in [-0.05, 0) is 25.1 Å². The summed E-state index contributed by atoms with van der Waals surface area (Å²) in [6.45, 7) is 6.52. The predicted octanol–water partition coefficient (Wildman–Crippen LogP) is 1.74. The van der Waals surface area contributed by atoms with Crippen LogP contribution in [0.2, 0.25) is 0 Å². The summed E-state index contributed by atoms with van der Waals surface area (Å²) < 4.78 is 16.5. The highest BCUT2D eigenvalue weighted by Crippen LogP contribution is 2.43. The van der Waals surface area contributed by atoms with Crippen molar-refractivity contribution >= 4 is 17.4 Å². The van der Waals surface area contributed by atoms with E-state index in [-0.39, 0.29) is 11.3 Å². The van der Waals surface area contributed by atoms with Crippen LogP contribution in [0.25, 0.3) is 5.76 Å². The number of aliphatic hydroxyl groups excluding tert-OH is 1. The quantitative estimate of drug-likeness (QED) is 0.339. The van der Waals surface area contributed by atoms with E-state index in [1.165, 1.54) is 4.90 Å². The largest absolute Gasteiger partial charge is 0.507 e. The number of morpholine rings is 1. The van der Waals surface area contributed by atoms with Gasteiger partial charge in [-0.1, -0.05) is 29.8 Å². The van der Waals surface area contributed by atoms with Gasteiger partial charge >= 0.3 is 0 Å². The highest BCUT2D eigenvalue weighted by molar-refractivity contribution is 6.46. The number of Topliss-reactive ketones (excluding diaryl/α,β-unsaturated/α-hetero) is 1. The molecule has 8 heteroatoms. The summed E-state index contributed by atoms with van der Waals surface area (Å²) in [5.41, 5.74) is 2.17. The molecule has 4 rings (SSSR count). The van der Waals surface area contributed by atoms with E-state index in [0.717, 1.165) is 44.8 Å². The lowest BCUT2D eigenvalue weighted by atomic mass is 9.94. The molecule has 2 heterocycles. The molecule has 0 bridgehead atoms. The normalized spacial score (nSPS) is 20.3. The maximum Gasteiger partial charge on any atom is 0.295 e. The number of benzene rings is 2. The van der Waals surface area contributed by atoms with Crippen molar-refractivity contribution in [1.82, 2.24) is 4.90 Å². The number of quaternary nitrogens is 1. The molecule has 0 spiro atoms. The van der Waals surface area contributed by atoms with E-state index in [1.54, 1.807) is 49.5 Å². The molecule has 1 atom stereocenters. The van der Waals surface area contributed by atoms with Crippen molar-refractivity contribution in [3.63, 3.8) is 0 Å². The van der Waals surface area contributed by atoms with Gasteiger partial charge in [-0.15, -0.1) is 0 Å². The monoisotopic (exact) mass is 481 g/mol. The van der Waals surface area contributed by atoms with Crippen molar-refractivity contribution in [2.24, 2.45) is 0 Å². The van der Waals surface area contributed by atoms with E-state index in [0.29, 0.717) is 29.2 Å². The number of hydrogen-bond donors (Lipinski definition) is 2. The molecule has 2 aliphatic rings. The molecule has 0 aliphatic carbocycles. The van der Waals surface area contributed by atoms with E-state index in [9.17, 15) is 14.7 Å². The third-order valence-corrected chi connectivity index (χ3v) is 6.73. The van der Waals surface area contributed by atoms with Crippen LogP contribution in [0, 0.1) is 6.92 Å². The summed E-state index contributed by atoms with van der Waals surface area (Å²) in [4.78, 5) is 29.5. The number of likely N-dealkylation sites (tertiary alicyclic amines) is 1. The van der Waals surface area contributed by atoms with E-state index in [2.05, 4.69) is 0 Å². The first-order valence-electron chi connectivity index (χ1n) is 11.9. The molecule has 186 valence electrons. The minimum atomic E-state index is -0.791. The number of methoxy groups -OCH3 is 2. The molecule has 2 aromatic carbocycles. The van der Waals surface area contributed by atoms with Crippen molar-refractivity contribution in [3.8, 4) is 11.5 Å². The topological polar surface area (TPSA) is 89.7 Å². The molecular weight excluding hydrogens is 448 g/mol. The first kappa shape index (κ1) is 24.8. The van der Waals surface area contributed by atoms with Crippen LogP contribution in [0.3, 0.4) is 0 Å². The molecule has 2 fully saturated rings. The van der Waals surface area contributed by atoms with Crippen LogP contribution in [0.15, 0.2) is 48.0 Å². The van der Waals surface area contributed by atoms with Crippen LogP contribution < -0.4 is 14.4 Å². The van der Waals surface area contributed by atoms with E-state index in [4.69, 9.17) is 14.2 Å². The number of nitrogens with one attached hydrogen (secondary N) is 1. The van der Waals surface area contributed by atoms with E-state index < -0.39 is 17.7 Å². The molecule has 35 heavy (non-hydrogen) atoms. The predicted molar refractivity (Wildman–Crippen MR) is 131 cm³/mol.